The van der Waals surface area contributed by atoms with E-state index in [4.69, 9.17) is 4.74 Å². The lowest BCUT2D eigenvalue weighted by atomic mass is 9.65. The summed E-state index contributed by atoms with van der Waals surface area (Å²) in [5, 5.41) is 2.29. The van der Waals surface area contributed by atoms with Crippen molar-refractivity contribution in [3.8, 4) is 33.8 Å². The molecule has 2 nitrogen and oxygen atoms in total. The minimum atomic E-state index is -0.572. The fraction of sp³-hybridized carbons (Fsp3) is 0.0213. The molecule has 10 rings (SSSR count). The van der Waals surface area contributed by atoms with Crippen molar-refractivity contribution >= 4 is 27.8 Å². The standard InChI is InChI=1S/C47H31NO/c1-3-15-32(16-4-1)36-20-10-13-25-44(36)48(34-18-5-2-6-19-34)35-28-29-39-38-22-9-11-23-40(38)47(43(39)31-35)41-24-12-14-26-45(41)49-46-37-21-8-7-17-33(37)27-30-42(46)47/h1-31H. The molecule has 0 amide bonds. The molecule has 0 saturated carbocycles. The zero-order chi connectivity index (χ0) is 32.4. The van der Waals surface area contributed by atoms with Crippen LogP contribution in [0.2, 0.25) is 0 Å². The Morgan fingerprint density at radius 1 is 0.408 bits per heavy atom. The number of hydrogen-bond donors (Lipinski definition) is 0. The van der Waals surface area contributed by atoms with Crippen LogP contribution in [0.25, 0.3) is 33.0 Å². The van der Waals surface area contributed by atoms with Gasteiger partial charge in [-0.2, -0.15) is 0 Å². The van der Waals surface area contributed by atoms with Crippen LogP contribution in [0.15, 0.2) is 188 Å². The molecule has 8 aromatic carbocycles. The molecule has 0 fully saturated rings. The van der Waals surface area contributed by atoms with Crippen LogP contribution in [0.4, 0.5) is 17.1 Å². The monoisotopic (exact) mass is 625 g/mol. The third-order valence-corrected chi connectivity index (χ3v) is 10.3. The molecule has 1 unspecified atom stereocenters. The summed E-state index contributed by atoms with van der Waals surface area (Å²) in [7, 11) is 0. The van der Waals surface area contributed by atoms with Gasteiger partial charge in [-0.15, -0.1) is 0 Å². The van der Waals surface area contributed by atoms with Crippen LogP contribution in [0.3, 0.4) is 0 Å². The predicted molar refractivity (Wildman–Crippen MR) is 201 cm³/mol. The molecule has 1 aliphatic heterocycles. The van der Waals surface area contributed by atoms with Gasteiger partial charge in [-0.05, 0) is 69.6 Å². The van der Waals surface area contributed by atoms with Crippen molar-refractivity contribution in [2.45, 2.75) is 5.41 Å². The number of hydrogen-bond acceptors (Lipinski definition) is 2. The second kappa shape index (κ2) is 10.8. The average molecular weight is 626 g/mol. The molecule has 1 heterocycles. The molecule has 1 aliphatic carbocycles. The van der Waals surface area contributed by atoms with Crippen molar-refractivity contribution in [1.29, 1.82) is 0 Å². The number of para-hydroxylation sites is 3. The molecule has 1 atom stereocenters. The van der Waals surface area contributed by atoms with Crippen LogP contribution in [-0.4, -0.2) is 0 Å². The summed E-state index contributed by atoms with van der Waals surface area (Å²) < 4.78 is 6.88. The Kier molecular flexibility index (Phi) is 6.13. The maximum absolute atomic E-state index is 6.88. The smallest absolute Gasteiger partial charge is 0.140 e. The van der Waals surface area contributed by atoms with Gasteiger partial charge in [0, 0.05) is 33.5 Å². The Hall–Kier alpha value is -6.38. The Morgan fingerprint density at radius 2 is 1.06 bits per heavy atom. The van der Waals surface area contributed by atoms with Crippen LogP contribution in [0.5, 0.6) is 11.5 Å². The van der Waals surface area contributed by atoms with Gasteiger partial charge in [-0.25, -0.2) is 0 Å². The van der Waals surface area contributed by atoms with Gasteiger partial charge in [0.05, 0.1) is 11.1 Å². The van der Waals surface area contributed by atoms with Gasteiger partial charge in [0.1, 0.15) is 11.5 Å². The minimum absolute atomic E-state index is 0.572. The maximum atomic E-state index is 6.88. The second-order valence-electron chi connectivity index (χ2n) is 12.8. The van der Waals surface area contributed by atoms with E-state index in [0.29, 0.717) is 0 Å². The summed E-state index contributed by atoms with van der Waals surface area (Å²) in [4.78, 5) is 2.41. The molecular weight excluding hydrogens is 595 g/mol. The highest BCUT2D eigenvalue weighted by Gasteiger charge is 2.51. The van der Waals surface area contributed by atoms with Crippen molar-refractivity contribution < 1.29 is 4.74 Å². The van der Waals surface area contributed by atoms with Gasteiger partial charge < -0.3 is 9.64 Å². The minimum Gasteiger partial charge on any atom is -0.456 e. The Labute approximate surface area is 286 Å². The third-order valence-electron chi connectivity index (χ3n) is 10.3. The van der Waals surface area contributed by atoms with Gasteiger partial charge in [-0.1, -0.05) is 152 Å². The lowest BCUT2D eigenvalue weighted by Gasteiger charge is -2.40. The van der Waals surface area contributed by atoms with Crippen LogP contribution in [0.1, 0.15) is 22.3 Å². The highest BCUT2D eigenvalue weighted by atomic mass is 16.5. The Balaban J connectivity index is 1.29. The molecule has 0 bridgehead atoms. The second-order valence-corrected chi connectivity index (χ2v) is 12.8. The van der Waals surface area contributed by atoms with E-state index in [1.807, 2.05) is 0 Å². The van der Waals surface area contributed by atoms with E-state index in [1.165, 1.54) is 44.3 Å². The highest BCUT2D eigenvalue weighted by Crippen LogP contribution is 2.63. The molecular formula is C47H31NO. The molecule has 230 valence electrons. The van der Waals surface area contributed by atoms with E-state index in [1.54, 1.807) is 0 Å². The number of benzene rings is 8. The first kappa shape index (κ1) is 27.7. The number of fused-ring (bicyclic) bond motifs is 11. The summed E-state index contributed by atoms with van der Waals surface area (Å²) >= 11 is 0. The topological polar surface area (TPSA) is 12.5 Å². The summed E-state index contributed by atoms with van der Waals surface area (Å²) in [5.74, 6) is 1.83. The summed E-state index contributed by atoms with van der Waals surface area (Å²) in [6.45, 7) is 0. The van der Waals surface area contributed by atoms with Gasteiger partial charge in [0.2, 0.25) is 0 Å². The van der Waals surface area contributed by atoms with Crippen LogP contribution >= 0.6 is 0 Å². The predicted octanol–water partition coefficient (Wildman–Crippen LogP) is 12.4. The van der Waals surface area contributed by atoms with E-state index >= 15 is 0 Å². The zero-order valence-corrected chi connectivity index (χ0v) is 26.8. The van der Waals surface area contributed by atoms with E-state index in [-0.39, 0.29) is 0 Å². The van der Waals surface area contributed by atoms with Crippen molar-refractivity contribution in [2.75, 3.05) is 4.90 Å². The van der Waals surface area contributed by atoms with Gasteiger partial charge in [0.25, 0.3) is 0 Å². The number of rotatable bonds is 4. The lowest BCUT2D eigenvalue weighted by Crippen LogP contribution is -2.32. The normalized spacial score (nSPS) is 15.2. The fourth-order valence-electron chi connectivity index (χ4n) is 8.29. The summed E-state index contributed by atoms with van der Waals surface area (Å²) in [6, 6.07) is 67.8. The first-order chi connectivity index (χ1) is 24.3. The van der Waals surface area contributed by atoms with Crippen LogP contribution in [-0.2, 0) is 5.41 Å². The molecule has 2 heteroatoms. The van der Waals surface area contributed by atoms with Gasteiger partial charge in [-0.3, -0.25) is 0 Å². The molecule has 0 saturated heterocycles. The molecule has 0 radical (unpaired) electrons. The molecule has 0 N–H and O–H groups in total. The largest absolute Gasteiger partial charge is 0.456 e. The van der Waals surface area contributed by atoms with E-state index in [2.05, 4.69) is 193 Å². The summed E-state index contributed by atoms with van der Waals surface area (Å²) in [5.41, 5.74) is 12.5. The average Bonchev–Trinajstić information content (AvgIpc) is 3.46. The Bertz CT molecular complexity index is 2540. The number of nitrogens with zero attached hydrogens (tertiary/aromatic N) is 1. The molecule has 0 aromatic heterocycles. The number of ether oxygens (including phenoxy) is 1. The lowest BCUT2D eigenvalue weighted by molar-refractivity contribution is 0.441. The van der Waals surface area contributed by atoms with Crippen molar-refractivity contribution in [3.63, 3.8) is 0 Å². The zero-order valence-electron chi connectivity index (χ0n) is 26.8. The molecule has 8 aromatic rings. The SMILES string of the molecule is c1ccc(-c2ccccc2N(c2ccccc2)c2ccc3c(c2)C2(c4ccccc4Oc4c2ccc2ccccc42)c2ccccc2-3)cc1. The van der Waals surface area contributed by atoms with E-state index < -0.39 is 5.41 Å². The van der Waals surface area contributed by atoms with Crippen molar-refractivity contribution in [2.24, 2.45) is 0 Å². The first-order valence-corrected chi connectivity index (χ1v) is 16.9. The number of anilines is 3. The van der Waals surface area contributed by atoms with Crippen LogP contribution < -0.4 is 9.64 Å². The maximum Gasteiger partial charge on any atom is 0.140 e. The van der Waals surface area contributed by atoms with Crippen molar-refractivity contribution in [1.82, 2.24) is 0 Å². The first-order valence-electron chi connectivity index (χ1n) is 16.9. The van der Waals surface area contributed by atoms with E-state index in [9.17, 15) is 0 Å². The highest BCUT2D eigenvalue weighted by molar-refractivity contribution is 5.97. The van der Waals surface area contributed by atoms with Crippen molar-refractivity contribution in [3.05, 3.63) is 210 Å². The van der Waals surface area contributed by atoms with Gasteiger partial charge in [0.15, 0.2) is 0 Å². The molecule has 2 aliphatic rings. The van der Waals surface area contributed by atoms with Crippen LogP contribution in [0, 0.1) is 0 Å². The molecule has 49 heavy (non-hydrogen) atoms. The fourth-order valence-corrected chi connectivity index (χ4v) is 8.29. The Morgan fingerprint density at radius 3 is 1.92 bits per heavy atom. The third kappa shape index (κ3) is 4.01. The molecule has 1 spiro atoms. The van der Waals surface area contributed by atoms with Gasteiger partial charge >= 0.3 is 0 Å². The quantitative estimate of drug-likeness (QED) is 0.193. The summed E-state index contributed by atoms with van der Waals surface area (Å²) in [6.07, 6.45) is 0. The van der Waals surface area contributed by atoms with E-state index in [0.717, 1.165) is 39.5 Å².